The number of carbonyl (C=O) groups excluding carboxylic acids is 1. The second-order valence-corrected chi connectivity index (χ2v) is 5.05. The lowest BCUT2D eigenvalue weighted by molar-refractivity contribution is 0.219. The van der Waals surface area contributed by atoms with Crippen LogP contribution in [0.2, 0.25) is 0 Å². The lowest BCUT2D eigenvalue weighted by Crippen LogP contribution is -2.55. The molecule has 0 aliphatic heterocycles. The van der Waals surface area contributed by atoms with Crippen molar-refractivity contribution in [1.82, 2.24) is 10.6 Å². The van der Waals surface area contributed by atoms with Crippen LogP contribution in [0.15, 0.2) is 0 Å². The molecular weight excluding hydrogens is 202 g/mol. The molecule has 0 saturated heterocycles. The Kier molecular flexibility index (Phi) is 5.06. The van der Waals surface area contributed by atoms with Crippen LogP contribution in [-0.2, 0) is 0 Å². The van der Waals surface area contributed by atoms with Crippen molar-refractivity contribution in [2.45, 2.75) is 64.0 Å². The van der Waals surface area contributed by atoms with Crippen molar-refractivity contribution in [3.8, 4) is 0 Å². The highest BCUT2D eigenvalue weighted by Gasteiger charge is 2.24. The number of nitrogens with two attached hydrogens (primary N) is 1. The lowest BCUT2D eigenvalue weighted by atomic mass is 9.95. The van der Waals surface area contributed by atoms with E-state index in [0.717, 1.165) is 19.3 Å². The third-order valence-corrected chi connectivity index (χ3v) is 3.59. The zero-order valence-corrected chi connectivity index (χ0v) is 10.5. The molecule has 4 nitrogen and oxygen atoms in total. The minimum Gasteiger partial charge on any atom is -0.335 e. The molecule has 94 valence electrons. The minimum absolute atomic E-state index is 0.0679. The van der Waals surface area contributed by atoms with Gasteiger partial charge in [-0.15, -0.1) is 0 Å². The maximum Gasteiger partial charge on any atom is 0.315 e. The summed E-state index contributed by atoms with van der Waals surface area (Å²) in [4.78, 5) is 11.8. The van der Waals surface area contributed by atoms with Crippen molar-refractivity contribution in [2.24, 2.45) is 5.73 Å². The molecule has 0 radical (unpaired) electrons. The largest absolute Gasteiger partial charge is 0.335 e. The molecule has 1 fully saturated rings. The Morgan fingerprint density at radius 3 is 2.50 bits per heavy atom. The Bertz CT molecular complexity index is 220. The quantitative estimate of drug-likeness (QED) is 0.685. The zero-order valence-electron chi connectivity index (χ0n) is 10.5. The molecule has 0 aromatic carbocycles. The second-order valence-electron chi connectivity index (χ2n) is 5.05. The molecule has 0 aromatic heterocycles. The van der Waals surface area contributed by atoms with Gasteiger partial charge in [-0.1, -0.05) is 26.2 Å². The molecule has 4 heteroatoms. The Hall–Kier alpha value is -0.770. The second kappa shape index (κ2) is 6.09. The van der Waals surface area contributed by atoms with E-state index in [0.29, 0.717) is 12.6 Å². The van der Waals surface area contributed by atoms with Crippen LogP contribution >= 0.6 is 0 Å². The van der Waals surface area contributed by atoms with Gasteiger partial charge in [-0.05, 0) is 26.2 Å². The number of hydrogen-bond acceptors (Lipinski definition) is 2. The smallest absolute Gasteiger partial charge is 0.315 e. The maximum atomic E-state index is 11.8. The summed E-state index contributed by atoms with van der Waals surface area (Å²) in [6.45, 7) is 4.49. The summed E-state index contributed by atoms with van der Waals surface area (Å²) in [5, 5.41) is 6.00. The highest BCUT2D eigenvalue weighted by Crippen LogP contribution is 2.17. The van der Waals surface area contributed by atoms with Gasteiger partial charge in [0, 0.05) is 12.6 Å². The van der Waals surface area contributed by atoms with Crippen molar-refractivity contribution in [3.63, 3.8) is 0 Å². The van der Waals surface area contributed by atoms with Crippen LogP contribution in [0.5, 0.6) is 0 Å². The molecular formula is C12H25N3O. The van der Waals surface area contributed by atoms with Crippen LogP contribution in [-0.4, -0.2) is 24.2 Å². The fourth-order valence-electron chi connectivity index (χ4n) is 2.03. The fraction of sp³-hybridized carbons (Fsp3) is 0.917. The predicted molar refractivity (Wildman–Crippen MR) is 66.3 cm³/mol. The first-order chi connectivity index (χ1) is 7.59. The molecule has 0 heterocycles. The summed E-state index contributed by atoms with van der Waals surface area (Å²) in [6.07, 6.45) is 6.83. The van der Waals surface area contributed by atoms with Gasteiger partial charge in [-0.25, -0.2) is 4.79 Å². The van der Waals surface area contributed by atoms with Crippen LogP contribution in [0.3, 0.4) is 0 Å². The van der Waals surface area contributed by atoms with E-state index < -0.39 is 0 Å². The molecule has 0 spiro atoms. The van der Waals surface area contributed by atoms with Gasteiger partial charge in [0.2, 0.25) is 0 Å². The van der Waals surface area contributed by atoms with Crippen LogP contribution in [0, 0.1) is 0 Å². The van der Waals surface area contributed by atoms with Gasteiger partial charge in [0.25, 0.3) is 0 Å². The third kappa shape index (κ3) is 4.00. The molecule has 1 saturated carbocycles. The van der Waals surface area contributed by atoms with Gasteiger partial charge in [0.05, 0.1) is 5.54 Å². The molecule has 4 N–H and O–H groups in total. The van der Waals surface area contributed by atoms with E-state index in [1.54, 1.807) is 0 Å². The summed E-state index contributed by atoms with van der Waals surface area (Å²) >= 11 is 0. The molecule has 0 aromatic rings. The van der Waals surface area contributed by atoms with Crippen LogP contribution in [0.4, 0.5) is 4.79 Å². The van der Waals surface area contributed by atoms with E-state index in [9.17, 15) is 4.79 Å². The van der Waals surface area contributed by atoms with Gasteiger partial charge < -0.3 is 16.4 Å². The van der Waals surface area contributed by atoms with Gasteiger partial charge in [0.15, 0.2) is 0 Å². The normalized spacial score (nSPS) is 21.2. The van der Waals surface area contributed by atoms with E-state index in [2.05, 4.69) is 10.6 Å². The van der Waals surface area contributed by atoms with E-state index >= 15 is 0 Å². The van der Waals surface area contributed by atoms with Crippen molar-refractivity contribution >= 4 is 6.03 Å². The Morgan fingerprint density at radius 2 is 2.00 bits per heavy atom. The molecule has 16 heavy (non-hydrogen) atoms. The number of urea groups is 1. The van der Waals surface area contributed by atoms with E-state index in [1.165, 1.54) is 19.3 Å². The lowest BCUT2D eigenvalue weighted by Gasteiger charge is -2.30. The number of amides is 2. The average molecular weight is 227 g/mol. The third-order valence-electron chi connectivity index (χ3n) is 3.59. The Morgan fingerprint density at radius 1 is 1.38 bits per heavy atom. The van der Waals surface area contributed by atoms with Gasteiger partial charge >= 0.3 is 6.03 Å². The number of rotatable bonds is 4. The number of carbonyl (C=O) groups is 1. The first-order valence-corrected chi connectivity index (χ1v) is 6.38. The van der Waals surface area contributed by atoms with Crippen molar-refractivity contribution < 1.29 is 4.79 Å². The maximum absolute atomic E-state index is 11.8. The van der Waals surface area contributed by atoms with Crippen molar-refractivity contribution in [2.75, 3.05) is 6.54 Å². The van der Waals surface area contributed by atoms with E-state index in [1.807, 2.05) is 13.8 Å². The molecule has 1 aliphatic rings. The molecule has 1 aliphatic carbocycles. The summed E-state index contributed by atoms with van der Waals surface area (Å²) < 4.78 is 0. The number of nitrogens with one attached hydrogen (secondary N) is 2. The van der Waals surface area contributed by atoms with E-state index in [-0.39, 0.29) is 11.6 Å². The molecule has 1 atom stereocenters. The minimum atomic E-state index is -0.279. The summed E-state index contributed by atoms with van der Waals surface area (Å²) in [6, 6.07) is 0.286. The predicted octanol–water partition coefficient (Wildman–Crippen LogP) is 1.75. The highest BCUT2D eigenvalue weighted by atomic mass is 16.2. The van der Waals surface area contributed by atoms with Gasteiger partial charge in [0.1, 0.15) is 0 Å². The average Bonchev–Trinajstić information content (AvgIpc) is 2.30. The van der Waals surface area contributed by atoms with Crippen molar-refractivity contribution in [3.05, 3.63) is 0 Å². The molecule has 0 bridgehead atoms. The first-order valence-electron chi connectivity index (χ1n) is 6.38. The van der Waals surface area contributed by atoms with Gasteiger partial charge in [-0.2, -0.15) is 0 Å². The first kappa shape index (κ1) is 13.3. The van der Waals surface area contributed by atoms with Crippen LogP contribution in [0.25, 0.3) is 0 Å². The zero-order chi connectivity index (χ0) is 12.0. The van der Waals surface area contributed by atoms with Crippen LogP contribution in [0.1, 0.15) is 52.4 Å². The van der Waals surface area contributed by atoms with E-state index in [4.69, 9.17) is 5.73 Å². The highest BCUT2D eigenvalue weighted by molar-refractivity contribution is 5.75. The Balaban J connectivity index is 2.34. The summed E-state index contributed by atoms with van der Waals surface area (Å²) in [5.74, 6) is 0. The number of hydrogen-bond donors (Lipinski definition) is 3. The fourth-order valence-corrected chi connectivity index (χ4v) is 2.03. The summed E-state index contributed by atoms with van der Waals surface area (Å²) in [5.41, 5.74) is 5.38. The molecule has 1 rings (SSSR count). The topological polar surface area (TPSA) is 67.1 Å². The van der Waals surface area contributed by atoms with Crippen LogP contribution < -0.4 is 16.4 Å². The standard InChI is InChI=1S/C12H25N3O/c1-3-12(2,9-13)15-11(16)14-10-7-5-4-6-8-10/h10H,3-9,13H2,1-2H3,(H2,14,15,16). The SMILES string of the molecule is CCC(C)(CN)NC(=O)NC1CCCCC1. The van der Waals surface area contributed by atoms with Gasteiger partial charge in [-0.3, -0.25) is 0 Å². The summed E-state index contributed by atoms with van der Waals surface area (Å²) in [7, 11) is 0. The Labute approximate surface area is 98.3 Å². The molecule has 2 amide bonds. The monoisotopic (exact) mass is 227 g/mol. The van der Waals surface area contributed by atoms with Crippen molar-refractivity contribution in [1.29, 1.82) is 0 Å². The molecule has 1 unspecified atom stereocenters.